The molecule has 3 rings (SSSR count). The molecule has 1 aliphatic rings. The summed E-state index contributed by atoms with van der Waals surface area (Å²) in [5.74, 6) is -0.283. The largest absolute Gasteiger partial charge is 0.433 e. The maximum Gasteiger partial charge on any atom is 0.394 e. The number of amides is 3. The van der Waals surface area contributed by atoms with Crippen LogP contribution in [0.5, 0.6) is 5.75 Å². The maximum atomic E-state index is 12.9. The fourth-order valence-electron chi connectivity index (χ4n) is 3.66. The number of anilines is 2. The molecule has 0 unspecified atom stereocenters. The van der Waals surface area contributed by atoms with Crippen LogP contribution in [0.4, 0.5) is 25.0 Å². The van der Waals surface area contributed by atoms with Gasteiger partial charge in [-0.15, -0.1) is 0 Å². The number of nitrogens with zero attached hydrogens (tertiary/aromatic N) is 1. The summed E-state index contributed by atoms with van der Waals surface area (Å²) in [5, 5.41) is 5.61. The molecule has 2 aromatic carbocycles. The average Bonchev–Trinajstić information content (AvgIpc) is 2.74. The van der Waals surface area contributed by atoms with Crippen LogP contribution in [-0.4, -0.2) is 41.6 Å². The van der Waals surface area contributed by atoms with Crippen molar-refractivity contribution < 1.29 is 23.1 Å². The molecule has 0 aliphatic carbocycles. The topological polar surface area (TPSA) is 96.7 Å². The van der Waals surface area contributed by atoms with Gasteiger partial charge in [-0.1, -0.05) is 32.9 Å². The quantitative estimate of drug-likeness (QED) is 0.572. The fourth-order valence-corrected chi connectivity index (χ4v) is 3.66. The number of piperidine rings is 1. The average molecular weight is 475 g/mol. The highest BCUT2D eigenvalue weighted by molar-refractivity contribution is 5.98. The molecule has 34 heavy (non-hydrogen) atoms. The number of urea groups is 1. The van der Waals surface area contributed by atoms with Gasteiger partial charge < -0.3 is 26.0 Å². The summed E-state index contributed by atoms with van der Waals surface area (Å²) in [6.07, 6.45) is -2.66. The minimum absolute atomic E-state index is 0.00422. The highest BCUT2D eigenvalue weighted by Gasteiger charge is 2.39. The summed E-state index contributed by atoms with van der Waals surface area (Å²) < 4.78 is 30.3. The number of hydrogen-bond donors (Lipinski definition) is 3. The first kappa shape index (κ1) is 25.4. The molecule has 1 fully saturated rings. The second-order valence-electron chi connectivity index (χ2n) is 9.79. The van der Waals surface area contributed by atoms with Gasteiger partial charge in [0.1, 0.15) is 5.75 Å². The number of carbonyl (C=O) groups excluding carboxylic acids is 2. The van der Waals surface area contributed by atoms with E-state index in [0.717, 1.165) is 5.56 Å². The summed E-state index contributed by atoms with van der Waals surface area (Å²) in [6, 6.07) is 13.0. The molecule has 0 radical (unpaired) electrons. The molecule has 0 spiro atoms. The van der Waals surface area contributed by atoms with Gasteiger partial charge in [0.25, 0.3) is 0 Å². The van der Waals surface area contributed by atoms with Crippen LogP contribution in [-0.2, 0) is 10.2 Å². The van der Waals surface area contributed by atoms with Gasteiger partial charge >= 0.3 is 12.1 Å². The smallest absolute Gasteiger partial charge is 0.394 e. The summed E-state index contributed by atoms with van der Waals surface area (Å²) >= 11 is 0. The van der Waals surface area contributed by atoms with Crippen molar-refractivity contribution in [3.05, 3.63) is 54.1 Å². The number of likely N-dealkylation sites (tertiary alicyclic amines) is 1. The normalized spacial score (nSPS) is 16.0. The first-order valence-corrected chi connectivity index (χ1v) is 11.2. The Morgan fingerprint density at radius 1 is 0.912 bits per heavy atom. The lowest BCUT2D eigenvalue weighted by Crippen LogP contribution is -2.58. The highest BCUT2D eigenvalue weighted by Crippen LogP contribution is 2.26. The van der Waals surface area contributed by atoms with Crippen LogP contribution < -0.4 is 21.1 Å². The SMILES string of the molecule is CC(F)(F)Oc1ccc(NC(=O)N2CCC(N)(C(=O)Nc3ccc(C(C)(C)C)cc3)CC2)cc1. The maximum absolute atomic E-state index is 12.9. The lowest BCUT2D eigenvalue weighted by atomic mass is 9.86. The monoisotopic (exact) mass is 474 g/mol. The van der Waals surface area contributed by atoms with Crippen LogP contribution in [0.3, 0.4) is 0 Å². The van der Waals surface area contributed by atoms with Gasteiger partial charge in [0, 0.05) is 31.4 Å². The third kappa shape index (κ3) is 6.66. The Bertz CT molecular complexity index is 1000. The van der Waals surface area contributed by atoms with Crippen molar-refractivity contribution in [2.24, 2.45) is 5.73 Å². The summed E-state index contributed by atoms with van der Waals surface area (Å²) in [4.78, 5) is 27.0. The number of rotatable bonds is 5. The third-order valence-corrected chi connectivity index (χ3v) is 5.81. The van der Waals surface area contributed by atoms with E-state index in [4.69, 9.17) is 5.73 Å². The zero-order chi connectivity index (χ0) is 25.1. The van der Waals surface area contributed by atoms with E-state index in [1.807, 2.05) is 24.3 Å². The van der Waals surface area contributed by atoms with Crippen LogP contribution in [0.1, 0.15) is 46.1 Å². The van der Waals surface area contributed by atoms with Gasteiger partial charge in [0.15, 0.2) is 0 Å². The number of benzene rings is 2. The number of carbonyl (C=O) groups is 2. The minimum atomic E-state index is -3.28. The number of ether oxygens (including phenoxy) is 1. The number of nitrogens with one attached hydrogen (secondary N) is 2. The van der Waals surface area contributed by atoms with E-state index in [0.29, 0.717) is 44.2 Å². The zero-order valence-electron chi connectivity index (χ0n) is 20.0. The Balaban J connectivity index is 1.52. The Morgan fingerprint density at radius 3 is 1.91 bits per heavy atom. The van der Waals surface area contributed by atoms with Crippen molar-refractivity contribution in [3.8, 4) is 5.75 Å². The molecular weight excluding hydrogens is 442 g/mol. The lowest BCUT2D eigenvalue weighted by molar-refractivity contribution is -0.158. The number of halogens is 2. The van der Waals surface area contributed by atoms with E-state index in [1.54, 1.807) is 4.90 Å². The first-order chi connectivity index (χ1) is 15.7. The minimum Gasteiger partial charge on any atom is -0.433 e. The van der Waals surface area contributed by atoms with Crippen molar-refractivity contribution in [3.63, 3.8) is 0 Å². The lowest BCUT2D eigenvalue weighted by Gasteiger charge is -2.38. The van der Waals surface area contributed by atoms with Crippen LogP contribution in [0.25, 0.3) is 0 Å². The molecule has 184 valence electrons. The third-order valence-electron chi connectivity index (χ3n) is 5.81. The van der Waals surface area contributed by atoms with E-state index in [9.17, 15) is 18.4 Å². The molecule has 1 aliphatic heterocycles. The van der Waals surface area contributed by atoms with E-state index >= 15 is 0 Å². The highest BCUT2D eigenvalue weighted by atomic mass is 19.3. The molecule has 9 heteroatoms. The molecule has 1 saturated heterocycles. The number of hydrogen-bond acceptors (Lipinski definition) is 4. The standard InChI is InChI=1S/C25H32F2N4O3/c1-23(2,3)17-5-7-18(8-6-17)29-21(32)25(28)13-15-31(16-14-25)22(33)30-19-9-11-20(12-10-19)34-24(4,26)27/h5-12H,13-16,28H2,1-4H3,(H,29,32)(H,30,33). The van der Waals surface area contributed by atoms with Crippen molar-refractivity contribution in [2.75, 3.05) is 23.7 Å². The molecular formula is C25H32F2N4O3. The molecule has 0 atom stereocenters. The molecule has 3 amide bonds. The molecule has 0 bridgehead atoms. The van der Waals surface area contributed by atoms with Crippen molar-refractivity contribution >= 4 is 23.3 Å². The Hall–Kier alpha value is -3.20. The zero-order valence-corrected chi connectivity index (χ0v) is 20.0. The van der Waals surface area contributed by atoms with Crippen LogP contribution in [0, 0.1) is 0 Å². The van der Waals surface area contributed by atoms with E-state index in [2.05, 4.69) is 36.1 Å². The summed E-state index contributed by atoms with van der Waals surface area (Å²) in [5.41, 5.74) is 7.61. The predicted molar refractivity (Wildman–Crippen MR) is 128 cm³/mol. The van der Waals surface area contributed by atoms with Crippen molar-refractivity contribution in [1.82, 2.24) is 4.90 Å². The first-order valence-electron chi connectivity index (χ1n) is 11.2. The summed E-state index contributed by atoms with van der Waals surface area (Å²) in [7, 11) is 0. The molecule has 2 aromatic rings. The second-order valence-corrected chi connectivity index (χ2v) is 9.79. The van der Waals surface area contributed by atoms with Crippen molar-refractivity contribution in [1.29, 1.82) is 0 Å². The number of nitrogens with two attached hydrogens (primary N) is 1. The molecule has 7 nitrogen and oxygen atoms in total. The second kappa shape index (κ2) is 9.58. The van der Waals surface area contributed by atoms with Gasteiger partial charge in [0.2, 0.25) is 5.91 Å². The fraction of sp³-hybridized carbons (Fsp3) is 0.440. The van der Waals surface area contributed by atoms with E-state index in [-0.39, 0.29) is 23.1 Å². The van der Waals surface area contributed by atoms with Gasteiger partial charge in [-0.05, 0) is 60.2 Å². The Kier molecular flexibility index (Phi) is 7.16. The Morgan fingerprint density at radius 2 is 1.41 bits per heavy atom. The van der Waals surface area contributed by atoms with Gasteiger partial charge in [-0.3, -0.25) is 4.79 Å². The van der Waals surface area contributed by atoms with Crippen molar-refractivity contribution in [2.45, 2.75) is 57.6 Å². The van der Waals surface area contributed by atoms with E-state index in [1.165, 1.54) is 24.3 Å². The molecule has 0 saturated carbocycles. The van der Waals surface area contributed by atoms with Gasteiger partial charge in [-0.2, -0.15) is 8.78 Å². The Labute approximate surface area is 198 Å². The van der Waals surface area contributed by atoms with Gasteiger partial charge in [0.05, 0.1) is 5.54 Å². The van der Waals surface area contributed by atoms with Gasteiger partial charge in [-0.25, -0.2) is 4.79 Å². The van der Waals surface area contributed by atoms with E-state index < -0.39 is 11.6 Å². The van der Waals surface area contributed by atoms with Crippen LogP contribution >= 0.6 is 0 Å². The molecule has 0 aromatic heterocycles. The number of alkyl halides is 2. The predicted octanol–water partition coefficient (Wildman–Crippen LogP) is 4.94. The molecule has 1 heterocycles. The summed E-state index contributed by atoms with van der Waals surface area (Å²) in [6.45, 7) is 7.63. The molecule has 4 N–H and O–H groups in total. The van der Waals surface area contributed by atoms with Crippen LogP contribution in [0.15, 0.2) is 48.5 Å². The van der Waals surface area contributed by atoms with Crippen LogP contribution in [0.2, 0.25) is 0 Å².